The van der Waals surface area contributed by atoms with E-state index in [2.05, 4.69) is 10.2 Å². The SMILES string of the molecule is COc1ccc(F)cc1CN1CCN(C(=O)/C(=C/c2ccccc2)NC(C)=O)CC1. The Hall–Kier alpha value is -3.19. The number of ether oxygens (including phenoxy) is 1. The fraction of sp³-hybridized carbons (Fsp3) is 0.304. The van der Waals surface area contributed by atoms with Gasteiger partial charge in [0, 0.05) is 45.2 Å². The Kier molecular flexibility index (Phi) is 7.19. The van der Waals surface area contributed by atoms with Crippen molar-refractivity contribution in [2.45, 2.75) is 13.5 Å². The highest BCUT2D eigenvalue weighted by molar-refractivity contribution is 6.01. The Bertz CT molecular complexity index is 923. The summed E-state index contributed by atoms with van der Waals surface area (Å²) in [5.74, 6) is -0.154. The fourth-order valence-electron chi connectivity index (χ4n) is 3.45. The highest BCUT2D eigenvalue weighted by Gasteiger charge is 2.25. The van der Waals surface area contributed by atoms with Gasteiger partial charge in [-0.1, -0.05) is 30.3 Å². The minimum Gasteiger partial charge on any atom is -0.496 e. The fourth-order valence-corrected chi connectivity index (χ4v) is 3.45. The predicted molar refractivity (Wildman–Crippen MR) is 113 cm³/mol. The molecular formula is C23H26FN3O3. The van der Waals surface area contributed by atoms with Crippen molar-refractivity contribution in [1.29, 1.82) is 0 Å². The van der Waals surface area contributed by atoms with Gasteiger partial charge in [-0.05, 0) is 29.8 Å². The normalized spacial score (nSPS) is 15.0. The third-order valence-electron chi connectivity index (χ3n) is 4.95. The van der Waals surface area contributed by atoms with Gasteiger partial charge < -0.3 is 15.0 Å². The lowest BCUT2D eigenvalue weighted by Gasteiger charge is -2.35. The number of benzene rings is 2. The van der Waals surface area contributed by atoms with Gasteiger partial charge in [-0.25, -0.2) is 4.39 Å². The van der Waals surface area contributed by atoms with E-state index in [0.717, 1.165) is 11.1 Å². The van der Waals surface area contributed by atoms with E-state index in [4.69, 9.17) is 4.74 Å². The minimum atomic E-state index is -0.300. The molecule has 1 aliphatic rings. The van der Waals surface area contributed by atoms with Crippen LogP contribution in [-0.2, 0) is 16.1 Å². The molecule has 0 aliphatic carbocycles. The molecule has 2 amide bonds. The van der Waals surface area contributed by atoms with Crippen LogP contribution < -0.4 is 10.1 Å². The number of piperazine rings is 1. The van der Waals surface area contributed by atoms with Crippen LogP contribution in [0.3, 0.4) is 0 Å². The first-order chi connectivity index (χ1) is 14.5. The van der Waals surface area contributed by atoms with Crippen LogP contribution in [-0.4, -0.2) is 54.9 Å². The van der Waals surface area contributed by atoms with E-state index in [-0.39, 0.29) is 23.3 Å². The molecule has 0 atom stereocenters. The largest absolute Gasteiger partial charge is 0.496 e. The summed E-state index contributed by atoms with van der Waals surface area (Å²) in [5.41, 5.74) is 1.88. The van der Waals surface area contributed by atoms with E-state index in [1.807, 2.05) is 30.3 Å². The number of methoxy groups -OCH3 is 1. The number of halogens is 1. The second-order valence-corrected chi connectivity index (χ2v) is 7.17. The highest BCUT2D eigenvalue weighted by Crippen LogP contribution is 2.22. The number of amides is 2. The van der Waals surface area contributed by atoms with Gasteiger partial charge in [-0.15, -0.1) is 0 Å². The second-order valence-electron chi connectivity index (χ2n) is 7.17. The minimum absolute atomic E-state index is 0.211. The van der Waals surface area contributed by atoms with E-state index >= 15 is 0 Å². The second kappa shape index (κ2) is 10.0. The Morgan fingerprint density at radius 2 is 1.80 bits per heavy atom. The first kappa shape index (κ1) is 21.5. The zero-order valence-corrected chi connectivity index (χ0v) is 17.2. The van der Waals surface area contributed by atoms with Crippen molar-refractivity contribution in [3.63, 3.8) is 0 Å². The molecule has 1 fully saturated rings. The number of carbonyl (C=O) groups excluding carboxylic acids is 2. The van der Waals surface area contributed by atoms with E-state index in [1.54, 1.807) is 24.2 Å². The summed E-state index contributed by atoms with van der Waals surface area (Å²) in [6.07, 6.45) is 1.69. The van der Waals surface area contributed by atoms with Gasteiger partial charge >= 0.3 is 0 Å². The summed E-state index contributed by atoms with van der Waals surface area (Å²) in [6, 6.07) is 13.9. The number of hydrogen-bond donors (Lipinski definition) is 1. The molecule has 30 heavy (non-hydrogen) atoms. The molecule has 6 nitrogen and oxygen atoms in total. The Morgan fingerprint density at radius 1 is 1.10 bits per heavy atom. The van der Waals surface area contributed by atoms with Gasteiger partial charge in [-0.3, -0.25) is 14.5 Å². The van der Waals surface area contributed by atoms with Crippen LogP contribution in [0.2, 0.25) is 0 Å². The van der Waals surface area contributed by atoms with Gasteiger partial charge in [0.25, 0.3) is 5.91 Å². The summed E-state index contributed by atoms with van der Waals surface area (Å²) >= 11 is 0. The zero-order chi connectivity index (χ0) is 21.5. The van der Waals surface area contributed by atoms with E-state index in [1.165, 1.54) is 19.1 Å². The molecule has 0 unspecified atom stereocenters. The molecule has 3 rings (SSSR count). The van der Waals surface area contributed by atoms with Crippen LogP contribution in [0.15, 0.2) is 54.2 Å². The van der Waals surface area contributed by atoms with Crippen LogP contribution in [0, 0.1) is 5.82 Å². The monoisotopic (exact) mass is 411 g/mol. The van der Waals surface area contributed by atoms with Crippen LogP contribution in [0.25, 0.3) is 6.08 Å². The lowest BCUT2D eigenvalue weighted by atomic mass is 10.1. The summed E-state index contributed by atoms with van der Waals surface area (Å²) in [4.78, 5) is 28.5. The van der Waals surface area contributed by atoms with Crippen LogP contribution in [0.4, 0.5) is 4.39 Å². The maximum Gasteiger partial charge on any atom is 0.270 e. The third kappa shape index (κ3) is 5.67. The van der Waals surface area contributed by atoms with Gasteiger partial charge in [0.1, 0.15) is 17.3 Å². The van der Waals surface area contributed by atoms with Crippen molar-refractivity contribution in [2.75, 3.05) is 33.3 Å². The van der Waals surface area contributed by atoms with Gasteiger partial charge in [0.15, 0.2) is 0 Å². The Labute approximate surface area is 175 Å². The van der Waals surface area contributed by atoms with E-state index in [9.17, 15) is 14.0 Å². The zero-order valence-electron chi connectivity index (χ0n) is 17.2. The molecule has 0 saturated carbocycles. The molecule has 1 aliphatic heterocycles. The quantitative estimate of drug-likeness (QED) is 0.743. The first-order valence-corrected chi connectivity index (χ1v) is 9.84. The smallest absolute Gasteiger partial charge is 0.270 e. The lowest BCUT2D eigenvalue weighted by molar-refractivity contribution is -0.130. The van der Waals surface area contributed by atoms with Crippen molar-refractivity contribution in [1.82, 2.24) is 15.1 Å². The van der Waals surface area contributed by atoms with Crippen molar-refractivity contribution in [2.24, 2.45) is 0 Å². The van der Waals surface area contributed by atoms with Crippen LogP contribution in [0.1, 0.15) is 18.1 Å². The Balaban J connectivity index is 1.65. The molecule has 158 valence electrons. The molecule has 0 aromatic heterocycles. The van der Waals surface area contributed by atoms with Crippen molar-refractivity contribution < 1.29 is 18.7 Å². The van der Waals surface area contributed by atoms with Crippen molar-refractivity contribution in [3.8, 4) is 5.75 Å². The number of nitrogens with one attached hydrogen (secondary N) is 1. The molecule has 0 bridgehead atoms. The van der Waals surface area contributed by atoms with Gasteiger partial charge in [0.2, 0.25) is 5.91 Å². The molecular weight excluding hydrogens is 385 g/mol. The van der Waals surface area contributed by atoms with Crippen LogP contribution >= 0.6 is 0 Å². The first-order valence-electron chi connectivity index (χ1n) is 9.84. The summed E-state index contributed by atoms with van der Waals surface area (Å²) < 4.78 is 18.9. The number of nitrogens with zero attached hydrogens (tertiary/aromatic N) is 2. The summed E-state index contributed by atoms with van der Waals surface area (Å²) in [6.45, 7) is 4.25. The average molecular weight is 411 g/mol. The topological polar surface area (TPSA) is 61.9 Å². The number of hydrogen-bond acceptors (Lipinski definition) is 4. The maximum absolute atomic E-state index is 13.6. The molecule has 2 aromatic rings. The molecule has 1 N–H and O–H groups in total. The van der Waals surface area contributed by atoms with Crippen molar-refractivity contribution in [3.05, 3.63) is 71.2 Å². The maximum atomic E-state index is 13.6. The van der Waals surface area contributed by atoms with E-state index in [0.29, 0.717) is 38.5 Å². The standard InChI is InChI=1S/C23H26FN3O3/c1-17(28)25-21(14-18-6-4-3-5-7-18)23(29)27-12-10-26(11-13-27)16-19-15-20(24)8-9-22(19)30-2/h3-9,14-15H,10-13,16H2,1-2H3,(H,25,28)/b21-14-. The van der Waals surface area contributed by atoms with Gasteiger partial charge in [0.05, 0.1) is 7.11 Å². The molecule has 2 aromatic carbocycles. The number of rotatable bonds is 6. The molecule has 1 heterocycles. The van der Waals surface area contributed by atoms with Crippen molar-refractivity contribution >= 4 is 17.9 Å². The number of carbonyl (C=O) groups is 2. The average Bonchev–Trinajstić information content (AvgIpc) is 2.74. The van der Waals surface area contributed by atoms with Crippen LogP contribution in [0.5, 0.6) is 5.75 Å². The summed E-state index contributed by atoms with van der Waals surface area (Å²) in [5, 5.41) is 2.66. The molecule has 0 radical (unpaired) electrons. The molecule has 1 saturated heterocycles. The third-order valence-corrected chi connectivity index (χ3v) is 4.95. The highest BCUT2D eigenvalue weighted by atomic mass is 19.1. The lowest BCUT2D eigenvalue weighted by Crippen LogP contribution is -2.50. The predicted octanol–water partition coefficient (Wildman–Crippen LogP) is 2.66. The van der Waals surface area contributed by atoms with E-state index < -0.39 is 0 Å². The Morgan fingerprint density at radius 3 is 2.43 bits per heavy atom. The molecule has 7 heteroatoms. The van der Waals surface area contributed by atoms with Gasteiger partial charge in [-0.2, -0.15) is 0 Å². The molecule has 0 spiro atoms. The summed E-state index contributed by atoms with van der Waals surface area (Å²) in [7, 11) is 1.57.